The van der Waals surface area contributed by atoms with Gasteiger partial charge >= 0.3 is 0 Å². The number of halogens is 1. The maximum atomic E-state index is 13.5. The molecule has 0 radical (unpaired) electrons. The van der Waals surface area contributed by atoms with Crippen LogP contribution in [-0.2, 0) is 9.59 Å². The molecule has 156 valence electrons. The molecule has 30 heavy (non-hydrogen) atoms. The Labute approximate surface area is 175 Å². The van der Waals surface area contributed by atoms with E-state index in [0.29, 0.717) is 31.5 Å². The smallest absolute Gasteiger partial charge is 0.272 e. The first-order valence-electron chi connectivity index (χ1n) is 10.1. The SMILES string of the molecule is Cc1cccc(C)c1NC(=O)CN1CCC2(CC1)N=C(c1cccc(F)c1)C(=O)N2. The second kappa shape index (κ2) is 7.99. The molecule has 6 nitrogen and oxygen atoms in total. The zero-order valence-corrected chi connectivity index (χ0v) is 17.2. The lowest BCUT2D eigenvalue weighted by Gasteiger charge is -2.36. The van der Waals surface area contributed by atoms with Crippen LogP contribution in [0.4, 0.5) is 10.1 Å². The molecule has 0 aromatic heterocycles. The number of aryl methyl sites for hydroxylation is 2. The van der Waals surface area contributed by atoms with Gasteiger partial charge in [0, 0.05) is 37.2 Å². The number of hydrogen-bond acceptors (Lipinski definition) is 4. The molecule has 0 unspecified atom stereocenters. The van der Waals surface area contributed by atoms with Crippen molar-refractivity contribution in [1.29, 1.82) is 0 Å². The fraction of sp³-hybridized carbons (Fsp3) is 0.348. The lowest BCUT2D eigenvalue weighted by atomic mass is 9.98. The summed E-state index contributed by atoms with van der Waals surface area (Å²) < 4.78 is 13.5. The van der Waals surface area contributed by atoms with Crippen molar-refractivity contribution >= 4 is 23.2 Å². The third-order valence-corrected chi connectivity index (χ3v) is 5.78. The number of nitrogens with one attached hydrogen (secondary N) is 2. The number of rotatable bonds is 4. The third kappa shape index (κ3) is 4.11. The number of benzene rings is 2. The van der Waals surface area contributed by atoms with Gasteiger partial charge in [-0.2, -0.15) is 0 Å². The lowest BCUT2D eigenvalue weighted by Crippen LogP contribution is -2.52. The molecule has 1 spiro atoms. The number of hydrogen-bond donors (Lipinski definition) is 2. The van der Waals surface area contributed by atoms with Gasteiger partial charge in [-0.15, -0.1) is 0 Å². The van der Waals surface area contributed by atoms with E-state index in [1.807, 2.05) is 32.0 Å². The van der Waals surface area contributed by atoms with Crippen molar-refractivity contribution < 1.29 is 14.0 Å². The number of para-hydroxylation sites is 1. The molecule has 0 atom stereocenters. The molecule has 1 fully saturated rings. The summed E-state index contributed by atoms with van der Waals surface area (Å²) in [6, 6.07) is 11.9. The van der Waals surface area contributed by atoms with Gasteiger partial charge in [0.25, 0.3) is 5.91 Å². The van der Waals surface area contributed by atoms with E-state index in [2.05, 4.69) is 20.5 Å². The number of aliphatic imine (C=N–C) groups is 1. The highest BCUT2D eigenvalue weighted by atomic mass is 19.1. The fourth-order valence-electron chi connectivity index (χ4n) is 4.11. The van der Waals surface area contributed by atoms with E-state index < -0.39 is 11.5 Å². The Kier molecular flexibility index (Phi) is 5.39. The predicted octanol–water partition coefficient (Wildman–Crippen LogP) is 2.79. The van der Waals surface area contributed by atoms with Gasteiger partial charge in [0.15, 0.2) is 0 Å². The van der Waals surface area contributed by atoms with E-state index in [1.165, 1.54) is 12.1 Å². The van der Waals surface area contributed by atoms with E-state index in [-0.39, 0.29) is 24.1 Å². The molecular weight excluding hydrogens is 383 g/mol. The Balaban J connectivity index is 1.38. The zero-order valence-electron chi connectivity index (χ0n) is 17.2. The first-order valence-corrected chi connectivity index (χ1v) is 10.1. The van der Waals surface area contributed by atoms with E-state index in [9.17, 15) is 14.0 Å². The topological polar surface area (TPSA) is 73.8 Å². The van der Waals surface area contributed by atoms with Gasteiger partial charge in [-0.05, 0) is 37.1 Å². The summed E-state index contributed by atoms with van der Waals surface area (Å²) in [6.45, 7) is 5.52. The lowest BCUT2D eigenvalue weighted by molar-refractivity contribution is -0.119. The minimum Gasteiger partial charge on any atom is -0.326 e. The van der Waals surface area contributed by atoms with Crippen LogP contribution in [0.15, 0.2) is 47.5 Å². The Hall–Kier alpha value is -3.06. The number of piperidine rings is 1. The summed E-state index contributed by atoms with van der Waals surface area (Å²) in [5.41, 5.74) is 3.03. The highest BCUT2D eigenvalue weighted by Crippen LogP contribution is 2.29. The van der Waals surface area contributed by atoms with Crippen molar-refractivity contribution in [1.82, 2.24) is 10.2 Å². The Bertz CT molecular complexity index is 1010. The number of amides is 2. The van der Waals surface area contributed by atoms with Crippen molar-refractivity contribution in [2.75, 3.05) is 25.0 Å². The fourth-order valence-corrected chi connectivity index (χ4v) is 4.11. The van der Waals surface area contributed by atoms with E-state index in [1.54, 1.807) is 12.1 Å². The second-order valence-electron chi connectivity index (χ2n) is 8.05. The van der Waals surface area contributed by atoms with E-state index in [0.717, 1.165) is 16.8 Å². The highest BCUT2D eigenvalue weighted by molar-refractivity contribution is 6.46. The van der Waals surface area contributed by atoms with Crippen LogP contribution in [0.25, 0.3) is 0 Å². The summed E-state index contributed by atoms with van der Waals surface area (Å²) in [7, 11) is 0. The van der Waals surface area contributed by atoms with Gasteiger partial charge in [0.2, 0.25) is 5.91 Å². The number of likely N-dealkylation sites (tertiary alicyclic amines) is 1. The van der Waals surface area contributed by atoms with E-state index in [4.69, 9.17) is 0 Å². The van der Waals surface area contributed by atoms with Crippen LogP contribution in [0.3, 0.4) is 0 Å². The molecule has 0 aliphatic carbocycles. The van der Waals surface area contributed by atoms with Crippen LogP contribution < -0.4 is 10.6 Å². The molecule has 2 N–H and O–H groups in total. The van der Waals surface area contributed by atoms with Crippen LogP contribution in [0.2, 0.25) is 0 Å². The number of carbonyl (C=O) groups excluding carboxylic acids is 2. The average molecular weight is 408 g/mol. The number of anilines is 1. The first-order chi connectivity index (χ1) is 14.3. The molecule has 4 rings (SSSR count). The van der Waals surface area contributed by atoms with Crippen molar-refractivity contribution in [2.24, 2.45) is 4.99 Å². The molecule has 0 saturated carbocycles. The normalized spacial score (nSPS) is 18.2. The molecule has 2 aromatic rings. The highest BCUT2D eigenvalue weighted by Gasteiger charge is 2.42. The van der Waals surface area contributed by atoms with Gasteiger partial charge in [0.1, 0.15) is 17.2 Å². The van der Waals surface area contributed by atoms with Gasteiger partial charge in [-0.3, -0.25) is 19.5 Å². The van der Waals surface area contributed by atoms with Gasteiger partial charge < -0.3 is 10.6 Å². The molecule has 2 heterocycles. The van der Waals surface area contributed by atoms with Crippen molar-refractivity contribution in [3.8, 4) is 0 Å². The summed E-state index contributed by atoms with van der Waals surface area (Å²) >= 11 is 0. The zero-order chi connectivity index (χ0) is 21.3. The predicted molar refractivity (Wildman–Crippen MR) is 114 cm³/mol. The van der Waals surface area contributed by atoms with Crippen LogP contribution in [0.5, 0.6) is 0 Å². The maximum Gasteiger partial charge on any atom is 0.272 e. The quantitative estimate of drug-likeness (QED) is 0.817. The minimum atomic E-state index is -0.668. The Morgan fingerprint density at radius 1 is 1.17 bits per heavy atom. The standard InChI is InChI=1S/C23H25FN4O2/c1-15-5-3-6-16(2)20(15)25-19(29)14-28-11-9-23(10-12-28)26-21(22(30)27-23)17-7-4-8-18(24)13-17/h3-8,13H,9-12,14H2,1-2H3,(H,25,29)(H,27,30). The molecule has 2 amide bonds. The van der Waals surface area contributed by atoms with Crippen molar-refractivity contribution in [3.63, 3.8) is 0 Å². The summed E-state index contributed by atoms with van der Waals surface area (Å²) in [5, 5.41) is 5.99. The monoisotopic (exact) mass is 408 g/mol. The molecule has 2 aromatic carbocycles. The van der Waals surface area contributed by atoms with Crippen LogP contribution in [0, 0.1) is 19.7 Å². The summed E-state index contributed by atoms with van der Waals surface area (Å²) in [6.07, 6.45) is 1.21. The van der Waals surface area contributed by atoms with Crippen molar-refractivity contribution in [2.45, 2.75) is 32.4 Å². The van der Waals surface area contributed by atoms with Gasteiger partial charge in [0.05, 0.1) is 6.54 Å². The minimum absolute atomic E-state index is 0.0530. The van der Waals surface area contributed by atoms with Crippen molar-refractivity contribution in [3.05, 3.63) is 65.0 Å². The first kappa shape index (κ1) is 20.2. The molecule has 7 heteroatoms. The second-order valence-corrected chi connectivity index (χ2v) is 8.05. The van der Waals surface area contributed by atoms with Crippen LogP contribution in [0.1, 0.15) is 29.5 Å². The Morgan fingerprint density at radius 3 is 2.50 bits per heavy atom. The van der Waals surface area contributed by atoms with Crippen LogP contribution in [-0.4, -0.2) is 47.7 Å². The largest absolute Gasteiger partial charge is 0.326 e. The van der Waals surface area contributed by atoms with Crippen LogP contribution >= 0.6 is 0 Å². The molecule has 0 bridgehead atoms. The average Bonchev–Trinajstić information content (AvgIpc) is 3.03. The summed E-state index contributed by atoms with van der Waals surface area (Å²) in [4.78, 5) is 31.7. The third-order valence-electron chi connectivity index (χ3n) is 5.78. The van der Waals surface area contributed by atoms with Gasteiger partial charge in [-0.25, -0.2) is 4.39 Å². The molecular formula is C23H25FN4O2. The molecule has 2 aliphatic heterocycles. The molecule has 2 aliphatic rings. The number of nitrogens with zero attached hydrogens (tertiary/aromatic N) is 2. The molecule has 1 saturated heterocycles. The Morgan fingerprint density at radius 2 is 1.83 bits per heavy atom. The number of carbonyl (C=O) groups is 2. The summed E-state index contributed by atoms with van der Waals surface area (Å²) in [5.74, 6) is -0.724. The van der Waals surface area contributed by atoms with Gasteiger partial charge in [-0.1, -0.05) is 30.3 Å². The maximum absolute atomic E-state index is 13.5. The van der Waals surface area contributed by atoms with E-state index >= 15 is 0 Å².